The second-order valence-corrected chi connectivity index (χ2v) is 5.40. The number of sulfonamides is 1. The average Bonchev–Trinajstić information content (AvgIpc) is 2.48. The van der Waals surface area contributed by atoms with Crippen LogP contribution in [0.4, 0.5) is 0 Å². The Labute approximate surface area is 84.0 Å². The zero-order chi connectivity index (χ0) is 10.9. The molecule has 0 radical (unpaired) electrons. The van der Waals surface area contributed by atoms with Crippen LogP contribution in [0.25, 0.3) is 0 Å². The first-order chi connectivity index (χ1) is 6.34. The molecular weight excluding hydrogens is 202 g/mol. The molecule has 1 atom stereocenters. The van der Waals surface area contributed by atoms with Crippen molar-refractivity contribution in [3.8, 4) is 0 Å². The Balaban J connectivity index is 3.14. The third-order valence-corrected chi connectivity index (χ3v) is 3.31. The molecule has 6 heteroatoms. The standard InChI is InChI=1S/C8H15N3O2S/c1-6(2)11-5-4-10-8(11)7(3)14(9,12)13/h4-7H,1-3H3,(H2,9,12,13). The van der Waals surface area contributed by atoms with Crippen molar-refractivity contribution in [3.05, 3.63) is 18.2 Å². The zero-order valence-corrected chi connectivity index (χ0v) is 9.32. The minimum absolute atomic E-state index is 0.178. The van der Waals surface area contributed by atoms with Crippen LogP contribution in [0.3, 0.4) is 0 Å². The Kier molecular flexibility index (Phi) is 2.96. The predicted molar refractivity (Wildman–Crippen MR) is 54.1 cm³/mol. The lowest BCUT2D eigenvalue weighted by Gasteiger charge is -2.14. The van der Waals surface area contributed by atoms with E-state index in [0.717, 1.165) is 0 Å². The van der Waals surface area contributed by atoms with Crippen LogP contribution in [0.15, 0.2) is 12.4 Å². The lowest BCUT2D eigenvalue weighted by molar-refractivity contribution is 0.549. The minimum atomic E-state index is -3.57. The maximum absolute atomic E-state index is 11.1. The van der Waals surface area contributed by atoms with Crippen molar-refractivity contribution >= 4 is 10.0 Å². The number of hydrogen-bond acceptors (Lipinski definition) is 3. The van der Waals surface area contributed by atoms with Crippen LogP contribution in [0, 0.1) is 0 Å². The molecule has 1 aromatic heterocycles. The number of nitrogens with zero attached hydrogens (tertiary/aromatic N) is 2. The fourth-order valence-electron chi connectivity index (χ4n) is 1.22. The van der Waals surface area contributed by atoms with Gasteiger partial charge in [-0.3, -0.25) is 0 Å². The summed E-state index contributed by atoms with van der Waals surface area (Å²) in [5.41, 5.74) is 0. The van der Waals surface area contributed by atoms with Gasteiger partial charge in [0.05, 0.1) is 0 Å². The van der Waals surface area contributed by atoms with Gasteiger partial charge in [-0.05, 0) is 20.8 Å². The van der Waals surface area contributed by atoms with E-state index in [9.17, 15) is 8.42 Å². The summed E-state index contributed by atoms with van der Waals surface area (Å²) in [6, 6.07) is 0.178. The van der Waals surface area contributed by atoms with Crippen molar-refractivity contribution in [2.45, 2.75) is 32.1 Å². The number of imidazole rings is 1. The summed E-state index contributed by atoms with van der Waals surface area (Å²) in [6.07, 6.45) is 3.33. The van der Waals surface area contributed by atoms with Gasteiger partial charge in [0.2, 0.25) is 10.0 Å². The molecule has 0 spiro atoms. The Hall–Kier alpha value is -0.880. The largest absolute Gasteiger partial charge is 0.331 e. The Morgan fingerprint density at radius 3 is 2.43 bits per heavy atom. The van der Waals surface area contributed by atoms with Crippen LogP contribution in [0.2, 0.25) is 0 Å². The van der Waals surface area contributed by atoms with Gasteiger partial charge in [-0.25, -0.2) is 18.5 Å². The van der Waals surface area contributed by atoms with Gasteiger partial charge in [-0.15, -0.1) is 0 Å². The summed E-state index contributed by atoms with van der Waals surface area (Å²) in [5.74, 6) is 0.488. The molecule has 0 aliphatic rings. The highest BCUT2D eigenvalue weighted by molar-refractivity contribution is 7.89. The lowest BCUT2D eigenvalue weighted by atomic mass is 10.3. The number of rotatable bonds is 3. The average molecular weight is 217 g/mol. The second kappa shape index (κ2) is 3.70. The molecule has 0 aliphatic heterocycles. The highest BCUT2D eigenvalue weighted by atomic mass is 32.2. The maximum Gasteiger partial charge on any atom is 0.218 e. The first-order valence-corrected chi connectivity index (χ1v) is 5.99. The van der Waals surface area contributed by atoms with E-state index in [-0.39, 0.29) is 6.04 Å². The summed E-state index contributed by atoms with van der Waals surface area (Å²) < 4.78 is 24.1. The van der Waals surface area contributed by atoms with Gasteiger partial charge in [-0.1, -0.05) is 0 Å². The summed E-state index contributed by atoms with van der Waals surface area (Å²) in [6.45, 7) is 5.46. The highest BCUT2D eigenvalue weighted by Gasteiger charge is 2.23. The number of primary sulfonamides is 1. The van der Waals surface area contributed by atoms with Crippen molar-refractivity contribution in [1.82, 2.24) is 9.55 Å². The second-order valence-electron chi connectivity index (χ2n) is 3.52. The van der Waals surface area contributed by atoms with Crippen LogP contribution < -0.4 is 5.14 Å². The quantitative estimate of drug-likeness (QED) is 0.814. The molecule has 0 aliphatic carbocycles. The van der Waals surface area contributed by atoms with Gasteiger partial charge in [-0.2, -0.15) is 0 Å². The Morgan fingerprint density at radius 1 is 1.43 bits per heavy atom. The highest BCUT2D eigenvalue weighted by Crippen LogP contribution is 2.20. The number of hydrogen-bond donors (Lipinski definition) is 1. The van der Waals surface area contributed by atoms with E-state index >= 15 is 0 Å². The summed E-state index contributed by atoms with van der Waals surface area (Å²) in [7, 11) is -3.57. The Bertz CT molecular complexity index is 408. The first kappa shape index (κ1) is 11.2. The third kappa shape index (κ3) is 2.13. The maximum atomic E-state index is 11.1. The molecule has 2 N–H and O–H groups in total. The normalized spacial score (nSPS) is 14.6. The van der Waals surface area contributed by atoms with Gasteiger partial charge in [0, 0.05) is 18.4 Å². The van der Waals surface area contributed by atoms with Crippen LogP contribution in [0.1, 0.15) is 37.9 Å². The van der Waals surface area contributed by atoms with Crippen LogP contribution in [-0.4, -0.2) is 18.0 Å². The molecule has 1 aromatic rings. The molecule has 0 saturated carbocycles. The van der Waals surface area contributed by atoms with Crippen molar-refractivity contribution < 1.29 is 8.42 Å². The first-order valence-electron chi connectivity index (χ1n) is 4.38. The van der Waals surface area contributed by atoms with Crippen molar-refractivity contribution in [2.75, 3.05) is 0 Å². The topological polar surface area (TPSA) is 78.0 Å². The van der Waals surface area contributed by atoms with E-state index in [0.29, 0.717) is 5.82 Å². The van der Waals surface area contributed by atoms with Gasteiger partial charge in [0.1, 0.15) is 11.1 Å². The van der Waals surface area contributed by atoms with E-state index in [4.69, 9.17) is 5.14 Å². The zero-order valence-electron chi connectivity index (χ0n) is 8.51. The smallest absolute Gasteiger partial charge is 0.218 e. The molecule has 1 heterocycles. The fraction of sp³-hybridized carbons (Fsp3) is 0.625. The van der Waals surface area contributed by atoms with Gasteiger partial charge in [0.25, 0.3) is 0 Å². The van der Waals surface area contributed by atoms with E-state index in [1.54, 1.807) is 17.0 Å². The van der Waals surface area contributed by atoms with E-state index in [1.165, 1.54) is 6.92 Å². The third-order valence-electron chi connectivity index (χ3n) is 2.11. The lowest BCUT2D eigenvalue weighted by Crippen LogP contribution is -2.22. The van der Waals surface area contributed by atoms with Crippen molar-refractivity contribution in [3.63, 3.8) is 0 Å². The molecule has 0 saturated heterocycles. The summed E-state index contributed by atoms with van der Waals surface area (Å²) >= 11 is 0. The predicted octanol–water partition coefficient (Wildman–Crippen LogP) is 0.814. The molecule has 0 fully saturated rings. The van der Waals surface area contributed by atoms with Crippen molar-refractivity contribution in [1.29, 1.82) is 0 Å². The fourth-order valence-corrected chi connectivity index (χ4v) is 1.70. The van der Waals surface area contributed by atoms with Crippen LogP contribution >= 0.6 is 0 Å². The number of nitrogens with two attached hydrogens (primary N) is 1. The molecule has 1 unspecified atom stereocenters. The van der Waals surface area contributed by atoms with Crippen LogP contribution in [0.5, 0.6) is 0 Å². The number of aromatic nitrogens is 2. The molecule has 0 amide bonds. The molecule has 1 rings (SSSR count). The summed E-state index contributed by atoms with van der Waals surface area (Å²) in [5, 5.41) is 4.29. The van der Waals surface area contributed by atoms with E-state index < -0.39 is 15.3 Å². The van der Waals surface area contributed by atoms with Crippen molar-refractivity contribution in [2.24, 2.45) is 5.14 Å². The van der Waals surface area contributed by atoms with Gasteiger partial charge < -0.3 is 4.57 Å². The molecule has 14 heavy (non-hydrogen) atoms. The SMILES string of the molecule is CC(C)n1ccnc1C(C)S(N)(=O)=O. The van der Waals surface area contributed by atoms with Gasteiger partial charge in [0.15, 0.2) is 0 Å². The minimum Gasteiger partial charge on any atom is -0.331 e. The molecule has 5 nitrogen and oxygen atoms in total. The molecule has 80 valence electrons. The molecule has 0 bridgehead atoms. The van der Waals surface area contributed by atoms with E-state index in [2.05, 4.69) is 4.98 Å². The van der Waals surface area contributed by atoms with Crippen LogP contribution in [-0.2, 0) is 10.0 Å². The molecule has 0 aromatic carbocycles. The monoisotopic (exact) mass is 217 g/mol. The van der Waals surface area contributed by atoms with Gasteiger partial charge >= 0.3 is 0 Å². The summed E-state index contributed by atoms with van der Waals surface area (Å²) in [4.78, 5) is 4.01. The molecular formula is C8H15N3O2S. The van der Waals surface area contributed by atoms with E-state index in [1.807, 2.05) is 13.8 Å². The Morgan fingerprint density at radius 2 is 2.00 bits per heavy atom.